The van der Waals surface area contributed by atoms with Gasteiger partial charge in [-0.25, -0.2) is 0 Å². The van der Waals surface area contributed by atoms with Crippen molar-refractivity contribution in [2.75, 3.05) is 21.3 Å². The van der Waals surface area contributed by atoms with Crippen LogP contribution in [0, 0.1) is 0 Å². The number of fused-ring (bicyclic) bond motifs is 2. The van der Waals surface area contributed by atoms with Crippen LogP contribution in [0.4, 0.5) is 0 Å². The lowest BCUT2D eigenvalue weighted by atomic mass is 9.83. The number of ether oxygens (including phenoxy) is 3. The second-order valence-electron chi connectivity index (χ2n) is 7.51. The van der Waals surface area contributed by atoms with Crippen molar-refractivity contribution < 1.29 is 19.0 Å². The summed E-state index contributed by atoms with van der Waals surface area (Å²) in [5, 5.41) is 2.46. The first-order valence-corrected chi connectivity index (χ1v) is 9.80. The third-order valence-corrected chi connectivity index (χ3v) is 6.16. The highest BCUT2D eigenvalue weighted by Gasteiger charge is 2.43. The zero-order valence-electron chi connectivity index (χ0n) is 16.8. The molecule has 0 radical (unpaired) electrons. The number of rotatable bonds is 4. The van der Waals surface area contributed by atoms with Crippen LogP contribution >= 0.6 is 0 Å². The monoisotopic (exact) mass is 389 g/mol. The van der Waals surface area contributed by atoms with Crippen LogP contribution in [0.3, 0.4) is 0 Å². The van der Waals surface area contributed by atoms with Crippen LogP contribution in [0.5, 0.6) is 17.2 Å². The van der Waals surface area contributed by atoms with Gasteiger partial charge in [0.15, 0.2) is 11.5 Å². The minimum Gasteiger partial charge on any atom is -0.493 e. The molecule has 0 N–H and O–H groups in total. The Morgan fingerprint density at radius 3 is 2.17 bits per heavy atom. The van der Waals surface area contributed by atoms with E-state index < -0.39 is 0 Å². The van der Waals surface area contributed by atoms with E-state index in [4.69, 9.17) is 14.2 Å². The molecule has 3 aromatic carbocycles. The molecule has 0 spiro atoms. The van der Waals surface area contributed by atoms with E-state index in [0.29, 0.717) is 23.7 Å². The van der Waals surface area contributed by atoms with Crippen LogP contribution in [0.25, 0.3) is 10.8 Å². The van der Waals surface area contributed by atoms with Gasteiger partial charge in [0.1, 0.15) is 0 Å². The van der Waals surface area contributed by atoms with Crippen LogP contribution in [0.15, 0.2) is 48.5 Å². The molecule has 0 bridgehead atoms. The lowest BCUT2D eigenvalue weighted by Gasteiger charge is -2.40. The largest absolute Gasteiger partial charge is 0.493 e. The highest BCUT2D eigenvalue weighted by molar-refractivity contribution is 5.94. The molecule has 29 heavy (non-hydrogen) atoms. The van der Waals surface area contributed by atoms with Gasteiger partial charge in [0, 0.05) is 6.42 Å². The summed E-state index contributed by atoms with van der Waals surface area (Å²) in [7, 11) is 4.82. The number of carbonyl (C=O) groups is 1. The van der Waals surface area contributed by atoms with Gasteiger partial charge in [-0.15, -0.1) is 0 Å². The Hall–Kier alpha value is -3.21. The van der Waals surface area contributed by atoms with Crippen LogP contribution in [0.1, 0.15) is 41.6 Å². The standard InChI is InChI=1S/C24H23NO4/c1-27-19-12-15(13-20(28-2)24(19)29-3)23-17-9-5-7-14-6-4-8-16(22(14)17)18-10-11-21(26)25(18)23/h4-9,12-13,18,23H,10-11H2,1-3H3. The molecule has 5 nitrogen and oxygen atoms in total. The van der Waals surface area contributed by atoms with E-state index in [-0.39, 0.29) is 18.0 Å². The minimum absolute atomic E-state index is 0.0881. The van der Waals surface area contributed by atoms with Crippen LogP contribution < -0.4 is 14.2 Å². The normalized spacial score (nSPS) is 20.0. The van der Waals surface area contributed by atoms with Crippen molar-refractivity contribution in [1.82, 2.24) is 4.90 Å². The summed E-state index contributed by atoms with van der Waals surface area (Å²) >= 11 is 0. The number of methoxy groups -OCH3 is 3. The van der Waals surface area contributed by atoms with Gasteiger partial charge >= 0.3 is 0 Å². The second-order valence-corrected chi connectivity index (χ2v) is 7.51. The Kier molecular flexibility index (Phi) is 4.12. The van der Waals surface area contributed by atoms with Gasteiger partial charge in [-0.05, 0) is 46.0 Å². The van der Waals surface area contributed by atoms with Crippen molar-refractivity contribution in [3.8, 4) is 17.2 Å². The van der Waals surface area contributed by atoms with E-state index >= 15 is 0 Å². The van der Waals surface area contributed by atoms with Crippen molar-refractivity contribution in [3.05, 3.63) is 65.2 Å². The molecule has 148 valence electrons. The van der Waals surface area contributed by atoms with Crippen LogP contribution in [-0.4, -0.2) is 32.1 Å². The Balaban J connectivity index is 1.80. The average molecular weight is 389 g/mol. The van der Waals surface area contributed by atoms with Gasteiger partial charge in [0.05, 0.1) is 33.4 Å². The fourth-order valence-electron chi connectivity index (χ4n) is 4.99. The van der Waals surface area contributed by atoms with Crippen molar-refractivity contribution in [1.29, 1.82) is 0 Å². The molecular weight excluding hydrogens is 366 g/mol. The Morgan fingerprint density at radius 1 is 0.897 bits per heavy atom. The average Bonchev–Trinajstić information content (AvgIpc) is 3.14. The first kappa shape index (κ1) is 17.9. The number of amides is 1. The molecule has 2 heterocycles. The van der Waals surface area contributed by atoms with E-state index in [1.807, 2.05) is 17.0 Å². The lowest BCUT2D eigenvalue weighted by Crippen LogP contribution is -2.36. The highest BCUT2D eigenvalue weighted by Crippen LogP contribution is 2.52. The molecule has 0 aromatic heterocycles. The summed E-state index contributed by atoms with van der Waals surface area (Å²) in [5.74, 6) is 1.92. The Morgan fingerprint density at radius 2 is 1.55 bits per heavy atom. The summed E-state index contributed by atoms with van der Waals surface area (Å²) in [6.07, 6.45) is 1.41. The summed E-state index contributed by atoms with van der Waals surface area (Å²) < 4.78 is 16.7. The summed E-state index contributed by atoms with van der Waals surface area (Å²) in [4.78, 5) is 15.0. The summed E-state index contributed by atoms with van der Waals surface area (Å²) in [6, 6.07) is 16.5. The van der Waals surface area contributed by atoms with Crippen molar-refractivity contribution >= 4 is 16.7 Å². The molecule has 1 fully saturated rings. The first-order chi connectivity index (χ1) is 14.2. The van der Waals surface area contributed by atoms with Gasteiger partial charge in [-0.1, -0.05) is 36.4 Å². The maximum atomic E-state index is 13.0. The van der Waals surface area contributed by atoms with Crippen molar-refractivity contribution in [2.24, 2.45) is 0 Å². The smallest absolute Gasteiger partial charge is 0.223 e. The Labute approximate surface area is 169 Å². The fraction of sp³-hybridized carbons (Fsp3) is 0.292. The molecular formula is C24H23NO4. The lowest BCUT2D eigenvalue weighted by molar-refractivity contribution is -0.130. The number of hydrogen-bond acceptors (Lipinski definition) is 4. The maximum absolute atomic E-state index is 13.0. The zero-order chi connectivity index (χ0) is 20.1. The quantitative estimate of drug-likeness (QED) is 0.653. The molecule has 1 amide bonds. The van der Waals surface area contributed by atoms with Gasteiger partial charge in [-0.3, -0.25) is 4.79 Å². The number of benzene rings is 3. The van der Waals surface area contributed by atoms with E-state index in [2.05, 4.69) is 36.4 Å². The second kappa shape index (κ2) is 6.69. The van der Waals surface area contributed by atoms with Gasteiger partial charge in [-0.2, -0.15) is 0 Å². The molecule has 0 saturated carbocycles. The molecule has 0 aliphatic carbocycles. The van der Waals surface area contributed by atoms with E-state index in [0.717, 1.165) is 17.5 Å². The number of nitrogens with zero attached hydrogens (tertiary/aromatic N) is 1. The molecule has 1 saturated heterocycles. The predicted octanol–water partition coefficient (Wildman–Crippen LogP) is 4.63. The van der Waals surface area contributed by atoms with Crippen LogP contribution in [0.2, 0.25) is 0 Å². The summed E-state index contributed by atoms with van der Waals surface area (Å²) in [5.41, 5.74) is 3.34. The fourth-order valence-corrected chi connectivity index (χ4v) is 4.99. The maximum Gasteiger partial charge on any atom is 0.223 e. The highest BCUT2D eigenvalue weighted by atomic mass is 16.5. The number of carbonyl (C=O) groups excluding carboxylic acids is 1. The van der Waals surface area contributed by atoms with Gasteiger partial charge in [0.25, 0.3) is 0 Å². The summed E-state index contributed by atoms with van der Waals surface area (Å²) in [6.45, 7) is 0. The third kappa shape index (κ3) is 2.50. The molecule has 2 unspecified atom stereocenters. The van der Waals surface area contributed by atoms with Gasteiger partial charge in [0.2, 0.25) is 11.7 Å². The molecule has 5 heteroatoms. The predicted molar refractivity (Wildman–Crippen MR) is 111 cm³/mol. The van der Waals surface area contributed by atoms with Crippen LogP contribution in [-0.2, 0) is 4.79 Å². The third-order valence-electron chi connectivity index (χ3n) is 6.16. The van der Waals surface area contributed by atoms with E-state index in [9.17, 15) is 4.79 Å². The van der Waals surface area contributed by atoms with Gasteiger partial charge < -0.3 is 19.1 Å². The van der Waals surface area contributed by atoms with E-state index in [1.54, 1.807) is 21.3 Å². The molecule has 2 aliphatic heterocycles. The zero-order valence-corrected chi connectivity index (χ0v) is 16.8. The SMILES string of the molecule is COc1cc(C2c3cccc4cccc(c34)C3CCC(=O)N32)cc(OC)c1OC. The Bertz CT molecular complexity index is 1090. The topological polar surface area (TPSA) is 48.0 Å². The molecule has 5 rings (SSSR count). The number of hydrogen-bond donors (Lipinski definition) is 0. The minimum atomic E-state index is -0.192. The van der Waals surface area contributed by atoms with Crippen molar-refractivity contribution in [2.45, 2.75) is 24.9 Å². The molecule has 2 atom stereocenters. The van der Waals surface area contributed by atoms with E-state index in [1.165, 1.54) is 16.3 Å². The molecule has 3 aromatic rings. The molecule has 2 aliphatic rings. The first-order valence-electron chi connectivity index (χ1n) is 9.80. The van der Waals surface area contributed by atoms with Crippen molar-refractivity contribution in [3.63, 3.8) is 0 Å².